The van der Waals surface area contributed by atoms with Crippen molar-refractivity contribution in [3.05, 3.63) is 29.8 Å². The second-order valence-corrected chi connectivity index (χ2v) is 5.27. The van der Waals surface area contributed by atoms with Crippen LogP contribution in [0.3, 0.4) is 0 Å². The third-order valence-corrected chi connectivity index (χ3v) is 3.57. The Morgan fingerprint density at radius 1 is 1.45 bits per heavy atom. The van der Waals surface area contributed by atoms with Gasteiger partial charge in [-0.1, -0.05) is 18.2 Å². The van der Waals surface area contributed by atoms with Gasteiger partial charge in [0.25, 0.3) is 0 Å². The lowest BCUT2D eigenvalue weighted by Crippen LogP contribution is -2.34. The molecule has 108 valence electrons. The van der Waals surface area contributed by atoms with Gasteiger partial charge in [-0.25, -0.2) is 0 Å². The van der Waals surface area contributed by atoms with Crippen molar-refractivity contribution in [3.8, 4) is 0 Å². The lowest BCUT2D eigenvalue weighted by Gasteiger charge is -2.15. The summed E-state index contributed by atoms with van der Waals surface area (Å²) in [5.41, 5.74) is 2.28. The molecule has 5 nitrogen and oxygen atoms in total. The number of carboxylic acid groups (broad SMARTS) is 1. The third kappa shape index (κ3) is 3.73. The average molecular weight is 276 g/mol. The van der Waals surface area contributed by atoms with Gasteiger partial charge in [-0.3, -0.25) is 9.59 Å². The molecule has 1 amide bonds. The molecular weight excluding hydrogens is 256 g/mol. The molecule has 5 heteroatoms. The first-order valence-electron chi connectivity index (χ1n) is 6.90. The van der Waals surface area contributed by atoms with E-state index in [9.17, 15) is 9.59 Å². The van der Waals surface area contributed by atoms with Crippen molar-refractivity contribution in [2.24, 2.45) is 0 Å². The smallest absolute Gasteiger partial charge is 0.303 e. The van der Waals surface area contributed by atoms with Crippen LogP contribution in [-0.2, 0) is 9.59 Å². The minimum atomic E-state index is -0.833. The summed E-state index contributed by atoms with van der Waals surface area (Å²) in [7, 11) is 0. The summed E-state index contributed by atoms with van der Waals surface area (Å²) in [5.74, 6) is -0.663. The van der Waals surface area contributed by atoms with Crippen molar-refractivity contribution in [2.75, 3.05) is 11.9 Å². The number of rotatable bonds is 6. The van der Waals surface area contributed by atoms with Crippen LogP contribution in [0.1, 0.15) is 37.7 Å². The van der Waals surface area contributed by atoms with Crippen LogP contribution in [-0.4, -0.2) is 29.6 Å². The van der Waals surface area contributed by atoms with E-state index in [1.54, 1.807) is 0 Å². The van der Waals surface area contributed by atoms with Gasteiger partial charge in [-0.2, -0.15) is 0 Å². The first-order chi connectivity index (χ1) is 9.56. The van der Waals surface area contributed by atoms with Gasteiger partial charge in [0.15, 0.2) is 0 Å². The van der Waals surface area contributed by atoms with Crippen molar-refractivity contribution in [1.29, 1.82) is 0 Å². The number of aliphatic carboxylic acids is 1. The quantitative estimate of drug-likeness (QED) is 0.742. The first kappa shape index (κ1) is 14.4. The maximum atomic E-state index is 12.0. The highest BCUT2D eigenvalue weighted by molar-refractivity contribution is 5.78. The van der Waals surface area contributed by atoms with E-state index < -0.39 is 5.97 Å². The molecule has 0 saturated carbocycles. The molecule has 1 heterocycles. The largest absolute Gasteiger partial charge is 0.481 e. The summed E-state index contributed by atoms with van der Waals surface area (Å²) >= 11 is 0. The molecule has 0 aromatic heterocycles. The molecule has 1 aromatic carbocycles. The number of amides is 1. The van der Waals surface area contributed by atoms with E-state index in [0.29, 0.717) is 12.8 Å². The molecule has 0 saturated heterocycles. The Bertz CT molecular complexity index is 502. The van der Waals surface area contributed by atoms with E-state index in [1.807, 2.05) is 31.2 Å². The van der Waals surface area contributed by atoms with E-state index in [1.165, 1.54) is 5.56 Å². The van der Waals surface area contributed by atoms with Gasteiger partial charge in [-0.15, -0.1) is 0 Å². The van der Waals surface area contributed by atoms with E-state index >= 15 is 0 Å². The fraction of sp³-hybridized carbons (Fsp3) is 0.467. The Hall–Kier alpha value is -2.04. The summed E-state index contributed by atoms with van der Waals surface area (Å²) in [6.07, 6.45) is 0.970. The standard InChI is InChI=1S/C15H20N2O3/c1-10(6-7-15(19)20)17-14(18)8-11-9-16-13-5-3-2-4-12(11)13/h2-5,10-11,16H,6-9H2,1H3,(H,17,18)(H,19,20). The lowest BCUT2D eigenvalue weighted by molar-refractivity contribution is -0.137. The molecule has 0 radical (unpaired) electrons. The molecular formula is C15H20N2O3. The van der Waals surface area contributed by atoms with E-state index in [4.69, 9.17) is 5.11 Å². The molecule has 2 atom stereocenters. The highest BCUT2D eigenvalue weighted by atomic mass is 16.4. The zero-order valence-corrected chi connectivity index (χ0v) is 11.6. The molecule has 0 bridgehead atoms. The van der Waals surface area contributed by atoms with Crippen LogP contribution in [0.4, 0.5) is 5.69 Å². The molecule has 1 aliphatic rings. The van der Waals surface area contributed by atoms with Crippen molar-refractivity contribution in [3.63, 3.8) is 0 Å². The third-order valence-electron chi connectivity index (χ3n) is 3.57. The van der Waals surface area contributed by atoms with Crippen molar-refractivity contribution in [2.45, 2.75) is 38.1 Å². The Balaban J connectivity index is 1.82. The van der Waals surface area contributed by atoms with Crippen LogP contribution in [0, 0.1) is 0 Å². The highest BCUT2D eigenvalue weighted by Crippen LogP contribution is 2.33. The molecule has 1 aliphatic heterocycles. The lowest BCUT2D eigenvalue weighted by atomic mass is 9.97. The summed E-state index contributed by atoms with van der Waals surface area (Å²) in [6, 6.07) is 7.90. The van der Waals surface area contributed by atoms with E-state index in [2.05, 4.69) is 10.6 Å². The number of fused-ring (bicyclic) bond motifs is 1. The van der Waals surface area contributed by atoms with Crippen LogP contribution in [0.25, 0.3) is 0 Å². The molecule has 0 spiro atoms. The molecule has 0 fully saturated rings. The van der Waals surface area contributed by atoms with Gasteiger partial charge in [0.2, 0.25) is 5.91 Å². The molecule has 2 unspecified atom stereocenters. The fourth-order valence-electron chi connectivity index (χ4n) is 2.51. The Morgan fingerprint density at radius 3 is 2.95 bits per heavy atom. The average Bonchev–Trinajstić information content (AvgIpc) is 2.80. The summed E-state index contributed by atoms with van der Waals surface area (Å²) in [4.78, 5) is 22.5. The Kier molecular flexibility index (Phi) is 4.61. The van der Waals surface area contributed by atoms with E-state index in [0.717, 1.165) is 12.2 Å². The number of nitrogens with one attached hydrogen (secondary N) is 2. The summed E-state index contributed by atoms with van der Waals surface area (Å²) in [6.45, 7) is 2.61. The Labute approximate surface area is 118 Å². The number of hydrogen-bond donors (Lipinski definition) is 3. The fourth-order valence-corrected chi connectivity index (χ4v) is 2.51. The highest BCUT2D eigenvalue weighted by Gasteiger charge is 2.24. The van der Waals surface area contributed by atoms with Gasteiger partial charge in [0.1, 0.15) is 0 Å². The first-order valence-corrected chi connectivity index (χ1v) is 6.90. The number of benzene rings is 1. The van der Waals surface area contributed by atoms with Gasteiger partial charge in [-0.05, 0) is 25.0 Å². The van der Waals surface area contributed by atoms with Crippen LogP contribution in [0.2, 0.25) is 0 Å². The zero-order valence-electron chi connectivity index (χ0n) is 11.6. The molecule has 1 aromatic rings. The molecule has 2 rings (SSSR count). The predicted octanol–water partition coefficient (Wildman–Crippen LogP) is 1.96. The number of carboxylic acids is 1. The topological polar surface area (TPSA) is 78.4 Å². The van der Waals surface area contributed by atoms with Crippen molar-refractivity contribution >= 4 is 17.6 Å². The number of carbonyl (C=O) groups is 2. The molecule has 3 N–H and O–H groups in total. The van der Waals surface area contributed by atoms with E-state index in [-0.39, 0.29) is 24.3 Å². The van der Waals surface area contributed by atoms with Gasteiger partial charge >= 0.3 is 5.97 Å². The maximum Gasteiger partial charge on any atom is 0.303 e. The van der Waals surface area contributed by atoms with Crippen LogP contribution >= 0.6 is 0 Å². The van der Waals surface area contributed by atoms with Crippen LogP contribution in [0.5, 0.6) is 0 Å². The zero-order chi connectivity index (χ0) is 14.5. The maximum absolute atomic E-state index is 12.0. The second-order valence-electron chi connectivity index (χ2n) is 5.27. The number of para-hydroxylation sites is 1. The second kappa shape index (κ2) is 6.41. The van der Waals surface area contributed by atoms with Gasteiger partial charge < -0.3 is 15.7 Å². The number of hydrogen-bond acceptors (Lipinski definition) is 3. The predicted molar refractivity (Wildman–Crippen MR) is 76.8 cm³/mol. The minimum absolute atomic E-state index is 0.0219. The van der Waals surface area contributed by atoms with Gasteiger partial charge in [0, 0.05) is 37.0 Å². The SMILES string of the molecule is CC(CCC(=O)O)NC(=O)CC1CNc2ccccc21. The number of anilines is 1. The van der Waals surface area contributed by atoms with Crippen molar-refractivity contribution in [1.82, 2.24) is 5.32 Å². The Morgan fingerprint density at radius 2 is 2.20 bits per heavy atom. The molecule has 20 heavy (non-hydrogen) atoms. The summed E-state index contributed by atoms with van der Waals surface area (Å²) in [5, 5.41) is 14.8. The van der Waals surface area contributed by atoms with Crippen LogP contribution in [0.15, 0.2) is 24.3 Å². The van der Waals surface area contributed by atoms with Crippen molar-refractivity contribution < 1.29 is 14.7 Å². The normalized spacial score (nSPS) is 17.9. The van der Waals surface area contributed by atoms with Gasteiger partial charge in [0.05, 0.1) is 0 Å². The summed E-state index contributed by atoms with van der Waals surface area (Å²) < 4.78 is 0. The number of carbonyl (C=O) groups excluding carboxylic acids is 1. The minimum Gasteiger partial charge on any atom is -0.481 e. The monoisotopic (exact) mass is 276 g/mol. The van der Waals surface area contributed by atoms with Crippen LogP contribution < -0.4 is 10.6 Å². The molecule has 0 aliphatic carbocycles.